The van der Waals surface area contributed by atoms with Crippen molar-refractivity contribution in [1.82, 2.24) is 0 Å². The molecule has 0 atom stereocenters. The number of amides is 1. The Balaban J connectivity index is 1.69. The molecule has 5 nitrogen and oxygen atoms in total. The van der Waals surface area contributed by atoms with Gasteiger partial charge in [0.1, 0.15) is 11.5 Å². The molecule has 0 unspecified atom stereocenters. The summed E-state index contributed by atoms with van der Waals surface area (Å²) in [7, 11) is 1.33. The SMILES string of the molecule is COC(=O)Nc1ccc(OCCCOc2cc(C)cc(C)c2)cc1. The Bertz CT molecular complexity index is 647. The zero-order chi connectivity index (χ0) is 17.4. The van der Waals surface area contributed by atoms with Crippen molar-refractivity contribution in [2.75, 3.05) is 25.6 Å². The van der Waals surface area contributed by atoms with E-state index in [0.717, 1.165) is 17.9 Å². The number of benzene rings is 2. The smallest absolute Gasteiger partial charge is 0.411 e. The lowest BCUT2D eigenvalue weighted by molar-refractivity contribution is 0.187. The molecule has 1 amide bonds. The van der Waals surface area contributed by atoms with Gasteiger partial charge in [-0.3, -0.25) is 5.32 Å². The van der Waals surface area contributed by atoms with Crippen LogP contribution in [0.2, 0.25) is 0 Å². The fourth-order valence-electron chi connectivity index (χ4n) is 2.26. The molecule has 24 heavy (non-hydrogen) atoms. The summed E-state index contributed by atoms with van der Waals surface area (Å²) in [6.07, 6.45) is 0.294. The fraction of sp³-hybridized carbons (Fsp3) is 0.316. The maximum Gasteiger partial charge on any atom is 0.411 e. The van der Waals surface area contributed by atoms with E-state index in [0.29, 0.717) is 18.9 Å². The van der Waals surface area contributed by atoms with Crippen LogP contribution in [0, 0.1) is 13.8 Å². The monoisotopic (exact) mass is 329 g/mol. The van der Waals surface area contributed by atoms with Crippen molar-refractivity contribution in [2.24, 2.45) is 0 Å². The van der Waals surface area contributed by atoms with E-state index < -0.39 is 6.09 Å². The molecule has 0 radical (unpaired) electrons. The molecule has 0 saturated carbocycles. The molecule has 0 heterocycles. The van der Waals surface area contributed by atoms with Crippen LogP contribution in [0.3, 0.4) is 0 Å². The van der Waals surface area contributed by atoms with Gasteiger partial charge in [0.25, 0.3) is 0 Å². The molecule has 2 rings (SSSR count). The highest BCUT2D eigenvalue weighted by atomic mass is 16.5. The predicted octanol–water partition coefficient (Wildman–Crippen LogP) is 4.33. The number of rotatable bonds is 7. The van der Waals surface area contributed by atoms with Crippen molar-refractivity contribution in [3.8, 4) is 11.5 Å². The molecular weight excluding hydrogens is 306 g/mol. The summed E-state index contributed by atoms with van der Waals surface area (Å²) in [6, 6.07) is 13.3. The van der Waals surface area contributed by atoms with Crippen LogP contribution >= 0.6 is 0 Å². The Kier molecular flexibility index (Phi) is 6.49. The number of methoxy groups -OCH3 is 1. The summed E-state index contributed by atoms with van der Waals surface area (Å²) in [5.74, 6) is 1.64. The summed E-state index contributed by atoms with van der Waals surface area (Å²) in [4.78, 5) is 11.1. The van der Waals surface area contributed by atoms with Crippen LogP contribution in [0.4, 0.5) is 10.5 Å². The summed E-state index contributed by atoms with van der Waals surface area (Å²) in [6.45, 7) is 5.28. The molecule has 0 fully saturated rings. The number of ether oxygens (including phenoxy) is 3. The molecule has 2 aromatic rings. The lowest BCUT2D eigenvalue weighted by atomic mass is 10.1. The first-order chi connectivity index (χ1) is 11.6. The van der Waals surface area contributed by atoms with Gasteiger partial charge >= 0.3 is 6.09 Å². The maximum atomic E-state index is 11.1. The van der Waals surface area contributed by atoms with E-state index in [4.69, 9.17) is 9.47 Å². The van der Waals surface area contributed by atoms with Crippen LogP contribution in [0.1, 0.15) is 17.5 Å². The first-order valence-corrected chi connectivity index (χ1v) is 7.86. The average Bonchev–Trinajstić information content (AvgIpc) is 2.55. The number of hydrogen-bond donors (Lipinski definition) is 1. The Morgan fingerprint density at radius 2 is 1.50 bits per heavy atom. The highest BCUT2D eigenvalue weighted by Crippen LogP contribution is 2.17. The minimum absolute atomic E-state index is 0.493. The molecule has 128 valence electrons. The van der Waals surface area contributed by atoms with Gasteiger partial charge in [-0.1, -0.05) is 6.07 Å². The molecular formula is C19H23NO4. The van der Waals surface area contributed by atoms with Gasteiger partial charge in [-0.05, 0) is 61.4 Å². The Hall–Kier alpha value is -2.69. The van der Waals surface area contributed by atoms with E-state index in [1.165, 1.54) is 18.2 Å². The van der Waals surface area contributed by atoms with Crippen molar-refractivity contribution >= 4 is 11.8 Å². The van der Waals surface area contributed by atoms with Gasteiger partial charge in [0.2, 0.25) is 0 Å². The average molecular weight is 329 g/mol. The van der Waals surface area contributed by atoms with Gasteiger partial charge in [-0.2, -0.15) is 0 Å². The van der Waals surface area contributed by atoms with Gasteiger partial charge in [0.05, 0.1) is 20.3 Å². The zero-order valence-corrected chi connectivity index (χ0v) is 14.3. The van der Waals surface area contributed by atoms with Crippen LogP contribution in [0.25, 0.3) is 0 Å². The van der Waals surface area contributed by atoms with Gasteiger partial charge in [0.15, 0.2) is 0 Å². The van der Waals surface area contributed by atoms with E-state index >= 15 is 0 Å². The molecule has 2 aromatic carbocycles. The highest BCUT2D eigenvalue weighted by Gasteiger charge is 2.01. The summed E-state index contributed by atoms with van der Waals surface area (Å²) in [5.41, 5.74) is 3.05. The molecule has 0 aliphatic heterocycles. The molecule has 0 aliphatic carbocycles. The third kappa shape index (κ3) is 5.83. The van der Waals surface area contributed by atoms with Crippen LogP contribution in [0.15, 0.2) is 42.5 Å². The number of anilines is 1. The number of carbonyl (C=O) groups is 1. The van der Waals surface area contributed by atoms with E-state index in [-0.39, 0.29) is 0 Å². The van der Waals surface area contributed by atoms with Crippen LogP contribution in [0.5, 0.6) is 11.5 Å². The first-order valence-electron chi connectivity index (χ1n) is 7.86. The highest BCUT2D eigenvalue weighted by molar-refractivity contribution is 5.84. The van der Waals surface area contributed by atoms with Gasteiger partial charge in [-0.15, -0.1) is 0 Å². The maximum absolute atomic E-state index is 11.1. The molecule has 1 N–H and O–H groups in total. The van der Waals surface area contributed by atoms with E-state index in [1.807, 2.05) is 12.1 Å². The normalized spacial score (nSPS) is 10.1. The number of hydrogen-bond acceptors (Lipinski definition) is 4. The lowest BCUT2D eigenvalue weighted by Gasteiger charge is -2.10. The van der Waals surface area contributed by atoms with E-state index in [2.05, 4.69) is 30.0 Å². The molecule has 0 saturated heterocycles. The second kappa shape index (κ2) is 8.82. The quantitative estimate of drug-likeness (QED) is 0.768. The molecule has 0 aromatic heterocycles. The zero-order valence-electron chi connectivity index (χ0n) is 14.3. The summed E-state index contributed by atoms with van der Waals surface area (Å²) < 4.78 is 15.9. The lowest BCUT2D eigenvalue weighted by Crippen LogP contribution is -2.10. The Labute approximate surface area is 142 Å². The van der Waals surface area contributed by atoms with Crippen molar-refractivity contribution in [3.63, 3.8) is 0 Å². The topological polar surface area (TPSA) is 56.8 Å². The summed E-state index contributed by atoms with van der Waals surface area (Å²) >= 11 is 0. The Morgan fingerprint density at radius 3 is 2.08 bits per heavy atom. The second-order valence-corrected chi connectivity index (χ2v) is 5.51. The summed E-state index contributed by atoms with van der Waals surface area (Å²) in [5, 5.41) is 2.59. The van der Waals surface area contributed by atoms with E-state index in [1.54, 1.807) is 24.3 Å². The molecule has 0 aliphatic rings. The standard InChI is InChI=1S/C19H23NO4/c1-14-11-15(2)13-18(12-14)24-10-4-9-23-17-7-5-16(6-8-17)20-19(21)22-3/h5-8,11-13H,4,9-10H2,1-3H3,(H,20,21). The molecule has 0 bridgehead atoms. The van der Waals surface area contributed by atoms with Gasteiger partial charge in [-0.25, -0.2) is 4.79 Å². The van der Waals surface area contributed by atoms with Gasteiger partial charge < -0.3 is 14.2 Å². The van der Waals surface area contributed by atoms with Crippen molar-refractivity contribution in [1.29, 1.82) is 0 Å². The number of nitrogens with one attached hydrogen (secondary N) is 1. The van der Waals surface area contributed by atoms with E-state index in [9.17, 15) is 4.79 Å². The largest absolute Gasteiger partial charge is 0.493 e. The first kappa shape index (κ1) is 17.7. The predicted molar refractivity (Wildman–Crippen MR) is 94.0 cm³/mol. The van der Waals surface area contributed by atoms with Crippen molar-refractivity contribution < 1.29 is 19.0 Å². The fourth-order valence-corrected chi connectivity index (χ4v) is 2.26. The van der Waals surface area contributed by atoms with Crippen LogP contribution < -0.4 is 14.8 Å². The van der Waals surface area contributed by atoms with Gasteiger partial charge in [0, 0.05) is 12.1 Å². The third-order valence-electron chi connectivity index (χ3n) is 3.31. The minimum Gasteiger partial charge on any atom is -0.493 e. The number of aryl methyl sites for hydroxylation is 2. The Morgan fingerprint density at radius 1 is 0.917 bits per heavy atom. The van der Waals surface area contributed by atoms with Crippen LogP contribution in [-0.4, -0.2) is 26.4 Å². The molecule has 5 heteroatoms. The third-order valence-corrected chi connectivity index (χ3v) is 3.31. The number of carbonyl (C=O) groups excluding carboxylic acids is 1. The van der Waals surface area contributed by atoms with Crippen molar-refractivity contribution in [3.05, 3.63) is 53.6 Å². The molecule has 0 spiro atoms. The second-order valence-electron chi connectivity index (χ2n) is 5.51. The van der Waals surface area contributed by atoms with Crippen molar-refractivity contribution in [2.45, 2.75) is 20.3 Å². The van der Waals surface area contributed by atoms with Crippen LogP contribution in [-0.2, 0) is 4.74 Å². The minimum atomic E-state index is -0.493.